The molecule has 0 aliphatic carbocycles. The molecule has 0 bridgehead atoms. The van der Waals surface area contributed by atoms with Crippen LogP contribution in [0.5, 0.6) is 0 Å². The number of hydrogen-bond acceptors (Lipinski definition) is 8. The minimum atomic E-state index is 0.163. The number of nitrogens with two attached hydrogens (primary N) is 1. The van der Waals surface area contributed by atoms with Gasteiger partial charge in [-0.1, -0.05) is 17.3 Å². The van der Waals surface area contributed by atoms with Gasteiger partial charge in [-0.3, -0.25) is 4.79 Å². The highest BCUT2D eigenvalue weighted by Crippen LogP contribution is 2.34. The van der Waals surface area contributed by atoms with Crippen LogP contribution in [0.1, 0.15) is 17.4 Å². The number of nitrogens with zero attached hydrogens (tertiary/aromatic N) is 3. The molecule has 2 heterocycles. The molecule has 3 rings (SSSR count). The largest absolute Gasteiger partial charge is 0.404 e. The van der Waals surface area contributed by atoms with E-state index in [1.165, 1.54) is 24.4 Å². The third-order valence-electron chi connectivity index (χ3n) is 3.89. The Hall–Kier alpha value is -2.65. The van der Waals surface area contributed by atoms with Crippen molar-refractivity contribution in [2.75, 3.05) is 18.4 Å². The molecule has 2 aromatic rings. The molecule has 1 aliphatic rings. The van der Waals surface area contributed by atoms with Gasteiger partial charge in [-0.2, -0.15) is 4.98 Å². The van der Waals surface area contributed by atoms with Crippen LogP contribution in [0.3, 0.4) is 0 Å². The summed E-state index contributed by atoms with van der Waals surface area (Å²) in [5, 5.41) is 13.9. The first kappa shape index (κ1) is 17.2. The van der Waals surface area contributed by atoms with Gasteiger partial charge >= 0.3 is 0 Å². The first-order valence-electron chi connectivity index (χ1n) is 7.64. The van der Waals surface area contributed by atoms with E-state index in [0.717, 1.165) is 29.9 Å². The smallest absolute Gasteiger partial charge is 0.232 e. The van der Waals surface area contributed by atoms with Crippen molar-refractivity contribution in [3.05, 3.63) is 40.8 Å². The van der Waals surface area contributed by atoms with Gasteiger partial charge in [0.25, 0.3) is 0 Å². The molecule has 1 aromatic carbocycles. The van der Waals surface area contributed by atoms with Crippen LogP contribution < -0.4 is 11.1 Å². The van der Waals surface area contributed by atoms with E-state index in [1.807, 2.05) is 25.1 Å². The zero-order valence-corrected chi connectivity index (χ0v) is 14.4. The highest BCUT2D eigenvalue weighted by atomic mass is 32.2. The zero-order chi connectivity index (χ0) is 17.8. The van der Waals surface area contributed by atoms with Crippen molar-refractivity contribution >= 4 is 30.3 Å². The molecule has 0 radical (unpaired) electrons. The number of rotatable bonds is 7. The number of carbonyl (C=O) groups excluding carboxylic acids is 1. The highest BCUT2D eigenvalue weighted by Gasteiger charge is 2.33. The molecule has 1 aliphatic heterocycles. The van der Waals surface area contributed by atoms with Crippen LogP contribution in [-0.4, -0.2) is 40.2 Å². The number of nitrogens with one attached hydrogen (secondary N) is 2. The Morgan fingerprint density at radius 3 is 3.00 bits per heavy atom. The fourth-order valence-corrected chi connectivity index (χ4v) is 3.34. The summed E-state index contributed by atoms with van der Waals surface area (Å²) in [6.45, 7) is 3.42. The van der Waals surface area contributed by atoms with Gasteiger partial charge in [0.2, 0.25) is 18.1 Å². The fraction of sp³-hybridized carbons (Fsp3) is 0.250. The predicted molar refractivity (Wildman–Crippen MR) is 97.1 cm³/mol. The molecule has 130 valence electrons. The monoisotopic (exact) mass is 358 g/mol. The quantitative estimate of drug-likeness (QED) is 0.394. The maximum atomic E-state index is 10.7. The van der Waals surface area contributed by atoms with Crippen LogP contribution >= 0.6 is 11.9 Å². The summed E-state index contributed by atoms with van der Waals surface area (Å²) in [6.07, 6.45) is 3.29. The van der Waals surface area contributed by atoms with Crippen LogP contribution in [0.2, 0.25) is 0 Å². The Balaban J connectivity index is 1.67. The van der Waals surface area contributed by atoms with Gasteiger partial charge in [-0.25, -0.2) is 4.31 Å². The van der Waals surface area contributed by atoms with Crippen molar-refractivity contribution in [2.24, 2.45) is 5.73 Å². The average molecular weight is 358 g/mol. The molecule has 1 amide bonds. The first-order chi connectivity index (χ1) is 12.1. The van der Waals surface area contributed by atoms with Crippen molar-refractivity contribution in [3.63, 3.8) is 0 Å². The van der Waals surface area contributed by atoms with Crippen molar-refractivity contribution in [3.8, 4) is 11.4 Å². The van der Waals surface area contributed by atoms with Gasteiger partial charge in [0.05, 0.1) is 10.8 Å². The van der Waals surface area contributed by atoms with E-state index in [4.69, 9.17) is 15.7 Å². The summed E-state index contributed by atoms with van der Waals surface area (Å²) in [5.41, 5.74) is 7.90. The lowest BCUT2D eigenvalue weighted by atomic mass is 10.0. The lowest BCUT2D eigenvalue weighted by Crippen LogP contribution is -2.40. The van der Waals surface area contributed by atoms with E-state index in [-0.39, 0.29) is 5.92 Å². The Morgan fingerprint density at radius 1 is 1.52 bits per heavy atom. The Labute approximate surface area is 149 Å². The number of allylic oxidation sites excluding steroid dienone is 1. The second-order valence-corrected chi connectivity index (χ2v) is 6.77. The van der Waals surface area contributed by atoms with Gasteiger partial charge in [0, 0.05) is 36.8 Å². The number of benzene rings is 1. The van der Waals surface area contributed by atoms with Gasteiger partial charge in [-0.15, -0.1) is 0 Å². The summed E-state index contributed by atoms with van der Waals surface area (Å²) < 4.78 is 7.47. The second-order valence-electron chi connectivity index (χ2n) is 5.60. The van der Waals surface area contributed by atoms with Crippen LogP contribution in [-0.2, 0) is 4.79 Å². The summed E-state index contributed by atoms with van der Waals surface area (Å²) in [6, 6.07) is 5.62. The molecule has 0 saturated carbocycles. The molecule has 8 nitrogen and oxygen atoms in total. The normalized spacial score (nSPS) is 15.6. The zero-order valence-electron chi connectivity index (χ0n) is 13.6. The lowest BCUT2D eigenvalue weighted by Gasteiger charge is -2.35. The number of aryl methyl sites for hydroxylation is 1. The molecule has 1 aromatic heterocycles. The molecule has 4 N–H and O–H groups in total. The Bertz CT molecular complexity index is 813. The minimum absolute atomic E-state index is 0.163. The lowest BCUT2D eigenvalue weighted by molar-refractivity contribution is -0.105. The van der Waals surface area contributed by atoms with E-state index in [1.54, 1.807) is 0 Å². The molecule has 25 heavy (non-hydrogen) atoms. The van der Waals surface area contributed by atoms with Gasteiger partial charge in [0.15, 0.2) is 0 Å². The first-order valence-corrected chi connectivity index (χ1v) is 8.42. The number of amides is 1. The summed E-state index contributed by atoms with van der Waals surface area (Å²) in [4.78, 5) is 15.8. The topological polar surface area (TPSA) is 121 Å². The fourth-order valence-electron chi connectivity index (χ4n) is 2.42. The highest BCUT2D eigenvalue weighted by molar-refractivity contribution is 8.01. The molecule has 0 spiro atoms. The van der Waals surface area contributed by atoms with Gasteiger partial charge < -0.3 is 21.0 Å². The van der Waals surface area contributed by atoms with Crippen molar-refractivity contribution < 1.29 is 9.32 Å². The maximum absolute atomic E-state index is 10.7. The molecular weight excluding hydrogens is 340 g/mol. The SMILES string of the molecule is Cc1ccc(-c2noc(C3CN(S/C(C=N)=C/N)C3)n2)cc1NC=O. The summed E-state index contributed by atoms with van der Waals surface area (Å²) >= 11 is 1.44. The number of hydrogen-bond donors (Lipinski definition) is 3. The Kier molecular flexibility index (Phi) is 5.15. The van der Waals surface area contributed by atoms with Crippen LogP contribution in [0.4, 0.5) is 5.69 Å². The molecule has 1 saturated heterocycles. The van der Waals surface area contributed by atoms with Crippen LogP contribution in [0.25, 0.3) is 11.4 Å². The van der Waals surface area contributed by atoms with E-state index < -0.39 is 0 Å². The van der Waals surface area contributed by atoms with Gasteiger partial charge in [-0.05, 0) is 30.5 Å². The van der Waals surface area contributed by atoms with Crippen molar-refractivity contribution in [1.29, 1.82) is 5.41 Å². The average Bonchev–Trinajstić information content (AvgIpc) is 3.06. The van der Waals surface area contributed by atoms with E-state index in [2.05, 4.69) is 19.8 Å². The third-order valence-corrected chi connectivity index (χ3v) is 4.91. The summed E-state index contributed by atoms with van der Waals surface area (Å²) in [5.74, 6) is 1.25. The van der Waals surface area contributed by atoms with Crippen LogP contribution in [0.15, 0.2) is 33.8 Å². The van der Waals surface area contributed by atoms with Crippen molar-refractivity contribution in [1.82, 2.24) is 14.4 Å². The van der Waals surface area contributed by atoms with Gasteiger partial charge in [0.1, 0.15) is 0 Å². The molecular formula is C16H18N6O2S. The van der Waals surface area contributed by atoms with E-state index in [0.29, 0.717) is 23.0 Å². The van der Waals surface area contributed by atoms with E-state index in [9.17, 15) is 4.79 Å². The number of aromatic nitrogens is 2. The number of carbonyl (C=O) groups is 1. The summed E-state index contributed by atoms with van der Waals surface area (Å²) in [7, 11) is 0. The Morgan fingerprint density at radius 2 is 2.32 bits per heavy atom. The predicted octanol–water partition coefficient (Wildman–Crippen LogP) is 2.11. The van der Waals surface area contributed by atoms with Crippen molar-refractivity contribution in [2.45, 2.75) is 12.8 Å². The second kappa shape index (κ2) is 7.49. The maximum Gasteiger partial charge on any atom is 0.232 e. The number of anilines is 1. The minimum Gasteiger partial charge on any atom is -0.404 e. The molecule has 0 atom stereocenters. The molecule has 0 unspecified atom stereocenters. The van der Waals surface area contributed by atoms with E-state index >= 15 is 0 Å². The standard InChI is InChI=1S/C16H18N6O2S/c1-10-2-3-11(4-14(10)19-9-23)15-20-16(24-21-15)12-7-22(8-12)25-13(5-17)6-18/h2-6,9,12,17H,7-8,18H2,1H3,(H,19,23)/b13-6+,17-5?. The molecule has 1 fully saturated rings. The third kappa shape index (κ3) is 3.72. The molecule has 9 heteroatoms. The van der Waals surface area contributed by atoms with Crippen LogP contribution in [0, 0.1) is 12.3 Å².